The Kier molecular flexibility index (Phi) is 11.5. The average molecular weight is 813 g/mol. The summed E-state index contributed by atoms with van der Waals surface area (Å²) in [7, 11) is -4.11. The molecule has 4 aliphatic carbocycles. The van der Waals surface area contributed by atoms with E-state index in [1.807, 2.05) is 0 Å². The van der Waals surface area contributed by atoms with E-state index in [-0.39, 0.29) is 47.0 Å². The molecular formula is C42H64N6O8S. The molecule has 316 valence electrons. The van der Waals surface area contributed by atoms with Crippen LogP contribution in [0.15, 0.2) is 24.8 Å². The lowest BCUT2D eigenvalue weighted by atomic mass is 9.73. The largest absolute Gasteiger partial charge is 0.378 e. The van der Waals surface area contributed by atoms with Crippen molar-refractivity contribution in [3.63, 3.8) is 0 Å². The van der Waals surface area contributed by atoms with Crippen LogP contribution in [-0.2, 0) is 38.9 Å². The molecule has 57 heavy (non-hydrogen) atoms. The molecular weight excluding hydrogens is 749 g/mol. The number of hydrogen-bond donors (Lipinski definition) is 4. The highest BCUT2D eigenvalue weighted by Crippen LogP contribution is 2.88. The van der Waals surface area contributed by atoms with Gasteiger partial charge >= 0.3 is 10.2 Å². The zero-order valence-electron chi connectivity index (χ0n) is 34.2. The molecule has 5 amide bonds. The molecule has 2 spiro atoms. The molecule has 0 aromatic carbocycles. The van der Waals surface area contributed by atoms with E-state index in [2.05, 4.69) is 47.7 Å². The molecule has 0 bridgehead atoms. The van der Waals surface area contributed by atoms with E-state index >= 15 is 0 Å². The summed E-state index contributed by atoms with van der Waals surface area (Å²) in [4.78, 5) is 72.6. The number of amides is 5. The van der Waals surface area contributed by atoms with Crippen molar-refractivity contribution >= 4 is 39.7 Å². The lowest BCUT2D eigenvalue weighted by Gasteiger charge is -2.34. The van der Waals surface area contributed by atoms with Gasteiger partial charge in [0.05, 0.1) is 12.5 Å². The van der Waals surface area contributed by atoms with Gasteiger partial charge in [0.1, 0.15) is 23.7 Å². The maximum atomic E-state index is 14.9. The Balaban J connectivity index is 1.12. The monoisotopic (exact) mass is 812 g/mol. The van der Waals surface area contributed by atoms with Crippen LogP contribution in [0, 0.1) is 28.1 Å². The van der Waals surface area contributed by atoms with Gasteiger partial charge in [0, 0.05) is 37.6 Å². The first kappa shape index (κ1) is 41.8. The van der Waals surface area contributed by atoms with Gasteiger partial charge in [-0.2, -0.15) is 12.7 Å². The summed E-state index contributed by atoms with van der Waals surface area (Å²) in [6, 6.07) is -3.00. The quantitative estimate of drug-likeness (QED) is 0.193. The Morgan fingerprint density at radius 3 is 2.14 bits per heavy atom. The SMILES string of the molecule is C=C[C@@H]1C[C@]1(NC(=O)[C@@H]1C[C@@]2(CN1C(=O)[C@@H](NC(=O)[C@@H](NC(=O)CC1CCCCO1)C1CCCCC1)C(=C)C)C(C)(C)C21CCC1)C(=O)NS(=O)(=O)N1CCCC1. The highest BCUT2D eigenvalue weighted by molar-refractivity contribution is 7.87. The standard InChI is InChI=1S/C42H64N6O8S/c1-6-29-24-42(29,38(53)46-57(54,55)47-20-11-12-21-47)45-35(50)31-25-41(39(4,5)40(41)18-14-19-40)26-48(31)37(52)33(27(2)3)44-36(51)34(28-15-8-7-9-16-28)43-32(49)23-30-17-10-13-22-56-30/h6,28-31,33-34H,1-2,7-26H2,3-5H3,(H,43,49)(H,44,51)(H,45,50)(H,46,53)/t29-,30?,31+,33+,34+,41-,42-/m1/s1. The molecule has 0 radical (unpaired) electrons. The number of likely N-dealkylation sites (tertiary alicyclic amines) is 1. The van der Waals surface area contributed by atoms with Gasteiger partial charge in [0.25, 0.3) is 5.91 Å². The van der Waals surface area contributed by atoms with Crippen molar-refractivity contribution < 1.29 is 37.1 Å². The van der Waals surface area contributed by atoms with E-state index in [1.54, 1.807) is 17.9 Å². The van der Waals surface area contributed by atoms with Crippen molar-refractivity contribution in [3.8, 4) is 0 Å². The van der Waals surface area contributed by atoms with Crippen LogP contribution >= 0.6 is 0 Å². The maximum absolute atomic E-state index is 14.9. The van der Waals surface area contributed by atoms with Gasteiger partial charge in [-0.25, -0.2) is 4.72 Å². The van der Waals surface area contributed by atoms with E-state index in [4.69, 9.17) is 4.74 Å². The summed E-state index contributed by atoms with van der Waals surface area (Å²) in [5.74, 6) is -3.14. The number of nitrogens with one attached hydrogen (secondary N) is 4. The average Bonchev–Trinajstić information content (AvgIpc) is 3.62. The summed E-state index contributed by atoms with van der Waals surface area (Å²) in [5, 5.41) is 8.91. The zero-order chi connectivity index (χ0) is 41.0. The number of carbonyl (C=O) groups excluding carboxylic acids is 5. The second-order valence-electron chi connectivity index (χ2n) is 18.8. The second-order valence-corrected chi connectivity index (χ2v) is 20.5. The first-order valence-electron chi connectivity index (χ1n) is 21.5. The minimum absolute atomic E-state index is 0.0317. The molecule has 7 fully saturated rings. The minimum Gasteiger partial charge on any atom is -0.378 e. The van der Waals surface area contributed by atoms with Crippen LogP contribution in [0.5, 0.6) is 0 Å². The third-order valence-electron chi connectivity index (χ3n) is 15.5. The fourth-order valence-corrected chi connectivity index (χ4v) is 13.0. The van der Waals surface area contributed by atoms with Crippen molar-refractivity contribution in [2.24, 2.45) is 28.1 Å². The lowest BCUT2D eigenvalue weighted by molar-refractivity contribution is -0.142. The number of rotatable bonds is 14. The van der Waals surface area contributed by atoms with Gasteiger partial charge < -0.3 is 25.6 Å². The third kappa shape index (κ3) is 7.36. The molecule has 0 aromatic heterocycles. The Bertz CT molecular complexity index is 1760. The molecule has 3 heterocycles. The molecule has 14 nitrogen and oxygen atoms in total. The van der Waals surface area contributed by atoms with Crippen LogP contribution in [0.4, 0.5) is 0 Å². The topological polar surface area (TPSA) is 183 Å². The molecule has 0 aromatic rings. The fraction of sp³-hybridized carbons (Fsp3) is 0.786. The van der Waals surface area contributed by atoms with E-state index in [0.29, 0.717) is 51.1 Å². The first-order valence-corrected chi connectivity index (χ1v) is 22.9. The summed E-state index contributed by atoms with van der Waals surface area (Å²) in [5.41, 5.74) is -1.68. The van der Waals surface area contributed by atoms with Crippen LogP contribution in [0.3, 0.4) is 0 Å². The van der Waals surface area contributed by atoms with Crippen molar-refractivity contribution in [2.45, 2.75) is 153 Å². The van der Waals surface area contributed by atoms with Crippen molar-refractivity contribution in [3.05, 3.63) is 24.8 Å². The lowest BCUT2D eigenvalue weighted by Crippen LogP contribution is -2.60. The first-order chi connectivity index (χ1) is 27.0. The van der Waals surface area contributed by atoms with E-state index in [0.717, 1.165) is 70.6 Å². The van der Waals surface area contributed by atoms with E-state index in [9.17, 15) is 32.4 Å². The number of nitrogens with zero attached hydrogens (tertiary/aromatic N) is 2. The van der Waals surface area contributed by atoms with Gasteiger partial charge in [-0.3, -0.25) is 24.0 Å². The summed E-state index contributed by atoms with van der Waals surface area (Å²) in [6.45, 7) is 15.6. The van der Waals surface area contributed by atoms with Crippen LogP contribution in [0.2, 0.25) is 0 Å². The van der Waals surface area contributed by atoms with Gasteiger partial charge in [0.2, 0.25) is 23.6 Å². The van der Waals surface area contributed by atoms with Crippen LogP contribution in [0.1, 0.15) is 124 Å². The van der Waals surface area contributed by atoms with E-state index < -0.39 is 63.4 Å². The van der Waals surface area contributed by atoms with Gasteiger partial charge in [0.15, 0.2) is 0 Å². The summed E-state index contributed by atoms with van der Waals surface area (Å²) < 4.78 is 35.5. The van der Waals surface area contributed by atoms with E-state index in [1.165, 1.54) is 4.31 Å². The van der Waals surface area contributed by atoms with Crippen LogP contribution < -0.4 is 20.7 Å². The Hall–Kier alpha value is -3.30. The number of ether oxygens (including phenoxy) is 1. The summed E-state index contributed by atoms with van der Waals surface area (Å²) in [6.07, 6.45) is 13.8. The van der Waals surface area contributed by atoms with Crippen LogP contribution in [-0.4, -0.2) is 103 Å². The summed E-state index contributed by atoms with van der Waals surface area (Å²) >= 11 is 0. The van der Waals surface area contributed by atoms with Crippen LogP contribution in [0.25, 0.3) is 0 Å². The normalized spacial score (nSPS) is 32.8. The van der Waals surface area contributed by atoms with Crippen molar-refractivity contribution in [1.29, 1.82) is 0 Å². The maximum Gasteiger partial charge on any atom is 0.303 e. The molecule has 7 rings (SSSR count). The van der Waals surface area contributed by atoms with Gasteiger partial charge in [-0.05, 0) is 99.9 Å². The van der Waals surface area contributed by atoms with Crippen molar-refractivity contribution in [2.75, 3.05) is 26.2 Å². The number of hydrogen-bond acceptors (Lipinski definition) is 8. The molecule has 1 unspecified atom stereocenters. The Morgan fingerprint density at radius 1 is 0.895 bits per heavy atom. The predicted molar refractivity (Wildman–Crippen MR) is 213 cm³/mol. The highest BCUT2D eigenvalue weighted by Gasteiger charge is 2.85. The Labute approximate surface area is 338 Å². The molecule has 3 aliphatic heterocycles. The molecule has 4 N–H and O–H groups in total. The second kappa shape index (κ2) is 15.7. The third-order valence-corrected chi connectivity index (χ3v) is 17.0. The highest BCUT2D eigenvalue weighted by atomic mass is 32.2. The smallest absolute Gasteiger partial charge is 0.303 e. The van der Waals surface area contributed by atoms with Crippen molar-refractivity contribution in [1.82, 2.24) is 29.9 Å². The molecule has 4 saturated carbocycles. The minimum atomic E-state index is -4.11. The molecule has 7 aliphatic rings. The zero-order valence-corrected chi connectivity index (χ0v) is 35.0. The predicted octanol–water partition coefficient (Wildman–Crippen LogP) is 3.39. The fourth-order valence-electron chi connectivity index (χ4n) is 11.7. The Morgan fingerprint density at radius 2 is 1.58 bits per heavy atom. The molecule has 7 atom stereocenters. The van der Waals surface area contributed by atoms with Gasteiger partial charge in [-0.1, -0.05) is 52.2 Å². The molecule has 3 saturated heterocycles. The number of fused-ring (bicyclic) bond motifs is 1. The molecule has 15 heteroatoms. The van der Waals surface area contributed by atoms with Gasteiger partial charge in [-0.15, -0.1) is 6.58 Å². The number of carbonyl (C=O) groups is 5.